The fourth-order valence-electron chi connectivity index (χ4n) is 3.34. The van der Waals surface area contributed by atoms with Gasteiger partial charge < -0.3 is 9.47 Å². The third-order valence-corrected chi connectivity index (χ3v) is 6.12. The smallest absolute Gasteiger partial charge is 0.281 e. The van der Waals surface area contributed by atoms with Gasteiger partial charge in [-0.05, 0) is 42.5 Å². The van der Waals surface area contributed by atoms with Gasteiger partial charge in [0.25, 0.3) is 5.91 Å². The number of methoxy groups -OCH3 is 2. The van der Waals surface area contributed by atoms with Crippen LogP contribution < -0.4 is 9.47 Å². The Bertz CT molecular complexity index is 1250. The lowest BCUT2D eigenvalue weighted by molar-refractivity contribution is 0.0736. The number of amides is 1. The van der Waals surface area contributed by atoms with Crippen molar-refractivity contribution in [1.82, 2.24) is 5.01 Å². The Kier molecular flexibility index (Phi) is 6.28. The maximum absolute atomic E-state index is 14.4. The van der Waals surface area contributed by atoms with Gasteiger partial charge in [0.05, 0.1) is 14.2 Å². The number of thioether (sulfide) groups is 1. The van der Waals surface area contributed by atoms with Crippen LogP contribution in [0, 0.1) is 23.3 Å². The molecule has 0 aliphatic carbocycles. The summed E-state index contributed by atoms with van der Waals surface area (Å²) >= 11 is 1.08. The lowest BCUT2D eigenvalue weighted by Crippen LogP contribution is -2.28. The Morgan fingerprint density at radius 1 is 0.939 bits per heavy atom. The van der Waals surface area contributed by atoms with E-state index in [1.165, 1.54) is 38.5 Å². The number of ether oxygens (including phenoxy) is 2. The number of nitrogens with zero attached hydrogens (tertiary/aromatic N) is 2. The highest BCUT2D eigenvalue weighted by atomic mass is 32.2. The van der Waals surface area contributed by atoms with E-state index in [9.17, 15) is 22.4 Å². The van der Waals surface area contributed by atoms with Crippen molar-refractivity contribution in [1.29, 1.82) is 0 Å². The van der Waals surface area contributed by atoms with Gasteiger partial charge in [-0.2, -0.15) is 5.10 Å². The highest BCUT2D eigenvalue weighted by Gasteiger charge is 2.39. The van der Waals surface area contributed by atoms with Crippen molar-refractivity contribution in [2.24, 2.45) is 5.10 Å². The molecule has 170 valence electrons. The molecule has 0 saturated carbocycles. The number of hydrogen-bond donors (Lipinski definition) is 0. The molecule has 33 heavy (non-hydrogen) atoms. The Morgan fingerprint density at radius 2 is 1.64 bits per heavy atom. The molecule has 0 N–H and O–H groups in total. The third-order valence-electron chi connectivity index (χ3n) is 4.90. The molecule has 1 unspecified atom stereocenters. The summed E-state index contributed by atoms with van der Waals surface area (Å²) in [6.07, 6.45) is 0. The molecule has 0 bridgehead atoms. The first-order chi connectivity index (χ1) is 15.8. The van der Waals surface area contributed by atoms with Crippen molar-refractivity contribution in [3.63, 3.8) is 0 Å². The normalized spacial score (nSPS) is 15.4. The molecule has 10 heteroatoms. The number of hydrazone groups is 1. The number of halogens is 4. The molecule has 5 nitrogen and oxygen atoms in total. The van der Waals surface area contributed by atoms with Gasteiger partial charge >= 0.3 is 0 Å². The molecule has 4 rings (SSSR count). The van der Waals surface area contributed by atoms with E-state index in [-0.39, 0.29) is 10.8 Å². The van der Waals surface area contributed by atoms with Crippen LogP contribution in [0.3, 0.4) is 0 Å². The number of rotatable bonds is 5. The minimum absolute atomic E-state index is 0.283. The molecule has 0 spiro atoms. The molecule has 0 saturated heterocycles. The van der Waals surface area contributed by atoms with Crippen molar-refractivity contribution in [3.8, 4) is 11.5 Å². The average Bonchev–Trinajstić information content (AvgIpc) is 3.26. The maximum Gasteiger partial charge on any atom is 0.281 e. The first-order valence-electron chi connectivity index (χ1n) is 9.54. The van der Waals surface area contributed by atoms with Crippen LogP contribution in [0.25, 0.3) is 0 Å². The predicted molar refractivity (Wildman–Crippen MR) is 115 cm³/mol. The van der Waals surface area contributed by atoms with E-state index in [4.69, 9.17) is 9.47 Å². The van der Waals surface area contributed by atoms with Crippen LogP contribution in [-0.2, 0) is 0 Å². The fourth-order valence-corrected chi connectivity index (χ4v) is 4.51. The summed E-state index contributed by atoms with van der Waals surface area (Å²) in [7, 11) is 2.84. The van der Waals surface area contributed by atoms with E-state index in [1.54, 1.807) is 18.2 Å². The summed E-state index contributed by atoms with van der Waals surface area (Å²) in [5.74, 6) is -5.23. The molecule has 0 aromatic heterocycles. The van der Waals surface area contributed by atoms with E-state index in [2.05, 4.69) is 5.10 Å². The molecular weight excluding hydrogens is 460 g/mol. The van der Waals surface area contributed by atoms with Crippen LogP contribution in [0.5, 0.6) is 11.5 Å². The van der Waals surface area contributed by atoms with Crippen LogP contribution in [0.4, 0.5) is 17.6 Å². The van der Waals surface area contributed by atoms with E-state index >= 15 is 0 Å². The summed E-state index contributed by atoms with van der Waals surface area (Å²) in [4.78, 5) is 13.2. The first-order valence-corrected chi connectivity index (χ1v) is 10.4. The summed E-state index contributed by atoms with van der Waals surface area (Å²) in [5.41, 5.74) is -0.177. The molecule has 1 heterocycles. The zero-order valence-electron chi connectivity index (χ0n) is 17.3. The van der Waals surface area contributed by atoms with Crippen LogP contribution >= 0.6 is 11.8 Å². The van der Waals surface area contributed by atoms with E-state index < -0.39 is 40.1 Å². The highest BCUT2D eigenvalue weighted by molar-refractivity contribution is 8.14. The van der Waals surface area contributed by atoms with Gasteiger partial charge in [-0.25, -0.2) is 22.6 Å². The average molecular weight is 476 g/mol. The summed E-state index contributed by atoms with van der Waals surface area (Å²) < 4.78 is 66.8. The second kappa shape index (κ2) is 9.14. The van der Waals surface area contributed by atoms with Crippen LogP contribution in [0.2, 0.25) is 0 Å². The SMILES string of the molecule is COc1cccc(C2SC(c3ccc(F)cc3)=NN2C(=O)c2c(F)ccc(F)c2F)c1OC. The second-order valence-electron chi connectivity index (χ2n) is 6.83. The minimum atomic E-state index is -1.62. The zero-order chi connectivity index (χ0) is 23.7. The Balaban J connectivity index is 1.85. The number of hydrogen-bond acceptors (Lipinski definition) is 5. The van der Waals surface area contributed by atoms with Crippen molar-refractivity contribution < 1.29 is 31.8 Å². The minimum Gasteiger partial charge on any atom is -0.493 e. The van der Waals surface area contributed by atoms with Crippen LogP contribution in [0.1, 0.15) is 26.9 Å². The first kappa shape index (κ1) is 22.7. The van der Waals surface area contributed by atoms with E-state index in [0.717, 1.165) is 16.8 Å². The van der Waals surface area contributed by atoms with E-state index in [0.29, 0.717) is 29.0 Å². The van der Waals surface area contributed by atoms with Crippen LogP contribution in [-0.4, -0.2) is 30.2 Å². The van der Waals surface area contributed by atoms with Gasteiger partial charge in [-0.1, -0.05) is 23.9 Å². The lowest BCUT2D eigenvalue weighted by Gasteiger charge is -2.24. The van der Waals surface area contributed by atoms with E-state index in [1.807, 2.05) is 0 Å². The monoisotopic (exact) mass is 476 g/mol. The van der Waals surface area contributed by atoms with Gasteiger partial charge in [0.2, 0.25) is 0 Å². The second-order valence-corrected chi connectivity index (χ2v) is 7.90. The van der Waals surface area contributed by atoms with Crippen LogP contribution in [0.15, 0.2) is 59.7 Å². The summed E-state index contributed by atoms with van der Waals surface area (Å²) in [5, 5.41) is 4.45. The fraction of sp³-hybridized carbons (Fsp3) is 0.130. The molecule has 1 aliphatic heterocycles. The van der Waals surface area contributed by atoms with Crippen molar-refractivity contribution in [3.05, 3.63) is 94.6 Å². The van der Waals surface area contributed by atoms with Crippen molar-refractivity contribution in [2.75, 3.05) is 14.2 Å². The molecule has 1 aliphatic rings. The Morgan fingerprint density at radius 3 is 2.30 bits per heavy atom. The van der Waals surface area contributed by atoms with Crippen molar-refractivity contribution in [2.45, 2.75) is 5.37 Å². The summed E-state index contributed by atoms with van der Waals surface area (Å²) in [6, 6.07) is 11.5. The largest absolute Gasteiger partial charge is 0.493 e. The molecule has 0 radical (unpaired) electrons. The molecule has 1 amide bonds. The Labute approximate surface area is 190 Å². The number of carbonyl (C=O) groups is 1. The number of carbonyl (C=O) groups excluding carboxylic acids is 1. The standard InChI is InChI=1S/C23H16F4N2O3S/c1-31-17-5-3-4-14(20(17)32-2)23-29(22(30)18-15(25)10-11-16(26)19(18)27)28-21(33-23)12-6-8-13(24)9-7-12/h3-11,23H,1-2H3. The third kappa shape index (κ3) is 4.13. The highest BCUT2D eigenvalue weighted by Crippen LogP contribution is 2.47. The van der Waals surface area contributed by atoms with Gasteiger partial charge in [0.1, 0.15) is 27.6 Å². The van der Waals surface area contributed by atoms with Gasteiger partial charge in [0.15, 0.2) is 23.1 Å². The maximum atomic E-state index is 14.4. The molecule has 3 aromatic carbocycles. The molecular formula is C23H16F4N2O3S. The summed E-state index contributed by atoms with van der Waals surface area (Å²) in [6.45, 7) is 0. The number of benzene rings is 3. The van der Waals surface area contributed by atoms with Gasteiger partial charge in [0, 0.05) is 11.1 Å². The van der Waals surface area contributed by atoms with Crippen molar-refractivity contribution >= 4 is 22.7 Å². The molecule has 1 atom stereocenters. The topological polar surface area (TPSA) is 51.1 Å². The van der Waals surface area contributed by atoms with Gasteiger partial charge in [-0.15, -0.1) is 0 Å². The molecule has 3 aromatic rings. The lowest BCUT2D eigenvalue weighted by atomic mass is 10.1. The predicted octanol–water partition coefficient (Wildman–Crippen LogP) is 5.51. The quantitative estimate of drug-likeness (QED) is 0.360. The number of para-hydroxylation sites is 1. The Hall–Kier alpha value is -3.53. The zero-order valence-corrected chi connectivity index (χ0v) is 18.1. The van der Waals surface area contributed by atoms with Gasteiger partial charge in [-0.3, -0.25) is 4.79 Å². The molecule has 0 fully saturated rings.